The molecule has 0 radical (unpaired) electrons. The summed E-state index contributed by atoms with van der Waals surface area (Å²) < 4.78 is 15.5. The van der Waals surface area contributed by atoms with Crippen molar-refractivity contribution in [2.45, 2.75) is 13.0 Å². The Hall–Kier alpha value is -3.81. The van der Waals surface area contributed by atoms with E-state index in [1.165, 1.54) is 26.0 Å². The highest BCUT2D eigenvalue weighted by Crippen LogP contribution is 2.31. The van der Waals surface area contributed by atoms with E-state index in [1.54, 1.807) is 42.5 Å². The zero-order valence-corrected chi connectivity index (χ0v) is 16.9. The Morgan fingerprint density at radius 3 is 2.23 bits per heavy atom. The molecule has 156 valence electrons. The van der Waals surface area contributed by atoms with Gasteiger partial charge in [-0.3, -0.25) is 19.3 Å². The maximum absolute atomic E-state index is 12.5. The van der Waals surface area contributed by atoms with Gasteiger partial charge in [-0.05, 0) is 13.0 Å². The maximum atomic E-state index is 12.5. The molecule has 2 amide bonds. The fourth-order valence-corrected chi connectivity index (χ4v) is 3.04. The molecule has 0 saturated carbocycles. The summed E-state index contributed by atoms with van der Waals surface area (Å²) in [5.74, 6) is -0.579. The minimum absolute atomic E-state index is 0.326. The lowest BCUT2D eigenvalue weighted by Crippen LogP contribution is -2.35. The molecule has 1 atom stereocenters. The molecule has 1 aliphatic heterocycles. The molecule has 30 heavy (non-hydrogen) atoms. The van der Waals surface area contributed by atoms with Gasteiger partial charge in [0.2, 0.25) is 0 Å². The summed E-state index contributed by atoms with van der Waals surface area (Å²) in [5, 5.41) is 2.65. The van der Waals surface area contributed by atoms with Crippen LogP contribution in [0.1, 0.15) is 22.8 Å². The summed E-state index contributed by atoms with van der Waals surface area (Å²) in [6.07, 6.45) is -1.08. The molecular formula is C22H22N2O6. The molecule has 1 N–H and O–H groups in total. The summed E-state index contributed by atoms with van der Waals surface area (Å²) in [6.45, 7) is 4.99. The number of anilines is 1. The van der Waals surface area contributed by atoms with E-state index in [9.17, 15) is 14.4 Å². The third-order valence-corrected chi connectivity index (χ3v) is 4.62. The predicted octanol–water partition coefficient (Wildman–Crippen LogP) is 2.70. The highest BCUT2D eigenvalue weighted by atomic mass is 16.5. The number of rotatable bonds is 7. The number of methoxy groups -OCH3 is 2. The van der Waals surface area contributed by atoms with Crippen LogP contribution < -0.4 is 14.8 Å². The molecule has 1 heterocycles. The Bertz CT molecular complexity index is 959. The third kappa shape index (κ3) is 4.27. The average Bonchev–Trinajstić information content (AvgIpc) is 2.98. The second-order valence-electron chi connectivity index (χ2n) is 6.61. The molecule has 8 heteroatoms. The molecule has 0 spiro atoms. The van der Waals surface area contributed by atoms with Crippen molar-refractivity contribution in [2.24, 2.45) is 0 Å². The van der Waals surface area contributed by atoms with Gasteiger partial charge in [0.25, 0.3) is 11.8 Å². The van der Waals surface area contributed by atoms with E-state index in [4.69, 9.17) is 14.2 Å². The first kappa shape index (κ1) is 20.9. The monoisotopic (exact) mass is 410 g/mol. The number of ether oxygens (including phenoxy) is 3. The number of amides is 2. The van der Waals surface area contributed by atoms with Crippen molar-refractivity contribution >= 4 is 29.2 Å². The van der Waals surface area contributed by atoms with Gasteiger partial charge >= 0.3 is 5.97 Å². The fraction of sp³-hybridized carbons (Fsp3) is 0.227. The lowest BCUT2D eigenvalue weighted by molar-refractivity contribution is -0.153. The number of hydrogen-bond acceptors (Lipinski definition) is 6. The standard InChI is InChI=1S/C22H22N2O6/c1-13-18-7-5-6-8-19(18)22(27)24(13)12-20(25)30-14(2)21(26)23-15-9-16(28-3)11-17(10-15)29-4/h5-11,14H,1,12H2,2-4H3,(H,23,26). The minimum atomic E-state index is -1.08. The van der Waals surface area contributed by atoms with Gasteiger partial charge in [0.1, 0.15) is 18.0 Å². The molecule has 2 aromatic rings. The molecule has 0 aromatic heterocycles. The molecule has 8 nitrogen and oxygen atoms in total. The van der Waals surface area contributed by atoms with Crippen molar-refractivity contribution in [1.82, 2.24) is 4.90 Å². The van der Waals surface area contributed by atoms with E-state index in [0.717, 1.165) is 0 Å². The smallest absolute Gasteiger partial charge is 0.326 e. The van der Waals surface area contributed by atoms with Crippen LogP contribution in [0.4, 0.5) is 5.69 Å². The first-order valence-corrected chi connectivity index (χ1v) is 9.17. The first-order chi connectivity index (χ1) is 14.3. The van der Waals surface area contributed by atoms with Gasteiger partial charge in [0.15, 0.2) is 6.10 Å². The van der Waals surface area contributed by atoms with Crippen LogP contribution in [0.5, 0.6) is 11.5 Å². The van der Waals surface area contributed by atoms with Gasteiger partial charge in [-0.1, -0.05) is 24.8 Å². The molecule has 0 fully saturated rings. The predicted molar refractivity (Wildman–Crippen MR) is 110 cm³/mol. The van der Waals surface area contributed by atoms with Crippen molar-refractivity contribution in [3.63, 3.8) is 0 Å². The molecule has 2 aromatic carbocycles. The summed E-state index contributed by atoms with van der Waals surface area (Å²) in [6, 6.07) is 11.9. The molecule has 0 aliphatic carbocycles. The van der Waals surface area contributed by atoms with Crippen LogP contribution in [-0.4, -0.2) is 49.6 Å². The summed E-state index contributed by atoms with van der Waals surface area (Å²) in [5.41, 5.74) is 2.01. The Morgan fingerprint density at radius 1 is 1.07 bits per heavy atom. The number of carbonyl (C=O) groups is 3. The SMILES string of the molecule is C=C1c2ccccc2C(=O)N1CC(=O)OC(C)C(=O)Nc1cc(OC)cc(OC)c1. The van der Waals surface area contributed by atoms with Crippen LogP contribution in [0.25, 0.3) is 5.70 Å². The first-order valence-electron chi connectivity index (χ1n) is 9.17. The quantitative estimate of drug-likeness (QED) is 0.706. The van der Waals surface area contributed by atoms with E-state index >= 15 is 0 Å². The van der Waals surface area contributed by atoms with Gasteiger partial charge < -0.3 is 19.5 Å². The van der Waals surface area contributed by atoms with Crippen molar-refractivity contribution in [3.8, 4) is 11.5 Å². The molecule has 1 unspecified atom stereocenters. The molecule has 3 rings (SSSR count). The number of carbonyl (C=O) groups excluding carboxylic acids is 3. The zero-order valence-electron chi connectivity index (χ0n) is 16.9. The van der Waals surface area contributed by atoms with Gasteiger partial charge in [0, 0.05) is 40.7 Å². The van der Waals surface area contributed by atoms with Crippen molar-refractivity contribution < 1.29 is 28.6 Å². The van der Waals surface area contributed by atoms with Crippen LogP contribution in [0.2, 0.25) is 0 Å². The average molecular weight is 410 g/mol. The Balaban J connectivity index is 1.60. The van der Waals surface area contributed by atoms with E-state index in [1.807, 2.05) is 0 Å². The largest absolute Gasteiger partial charge is 0.497 e. The second kappa shape index (κ2) is 8.69. The molecule has 1 aliphatic rings. The second-order valence-corrected chi connectivity index (χ2v) is 6.61. The minimum Gasteiger partial charge on any atom is -0.497 e. The Morgan fingerprint density at radius 2 is 1.67 bits per heavy atom. The van der Waals surface area contributed by atoms with Crippen molar-refractivity contribution in [2.75, 3.05) is 26.1 Å². The van der Waals surface area contributed by atoms with Gasteiger partial charge in [0.05, 0.1) is 14.2 Å². The lowest BCUT2D eigenvalue weighted by Gasteiger charge is -2.19. The summed E-state index contributed by atoms with van der Waals surface area (Å²) in [4.78, 5) is 38.5. The third-order valence-electron chi connectivity index (χ3n) is 4.62. The zero-order chi connectivity index (χ0) is 21.8. The lowest BCUT2D eigenvalue weighted by atomic mass is 10.1. The molecular weight excluding hydrogens is 388 g/mol. The topological polar surface area (TPSA) is 94.2 Å². The Kier molecular flexibility index (Phi) is 6.06. The fourth-order valence-electron chi connectivity index (χ4n) is 3.04. The van der Waals surface area contributed by atoms with Gasteiger partial charge in [-0.2, -0.15) is 0 Å². The number of fused-ring (bicyclic) bond motifs is 1. The number of benzene rings is 2. The highest BCUT2D eigenvalue weighted by molar-refractivity contribution is 6.10. The highest BCUT2D eigenvalue weighted by Gasteiger charge is 2.33. The van der Waals surface area contributed by atoms with Crippen molar-refractivity contribution in [3.05, 3.63) is 60.2 Å². The van der Waals surface area contributed by atoms with Crippen LogP contribution in [0, 0.1) is 0 Å². The van der Waals surface area contributed by atoms with Gasteiger partial charge in [-0.25, -0.2) is 0 Å². The van der Waals surface area contributed by atoms with Gasteiger partial charge in [-0.15, -0.1) is 0 Å². The van der Waals surface area contributed by atoms with Crippen LogP contribution >= 0.6 is 0 Å². The van der Waals surface area contributed by atoms with Crippen LogP contribution in [0.15, 0.2) is 49.0 Å². The van der Waals surface area contributed by atoms with E-state index in [-0.39, 0.29) is 12.5 Å². The number of nitrogens with zero attached hydrogens (tertiary/aromatic N) is 1. The van der Waals surface area contributed by atoms with E-state index < -0.39 is 18.0 Å². The number of nitrogens with one attached hydrogen (secondary N) is 1. The van der Waals surface area contributed by atoms with Crippen LogP contribution in [-0.2, 0) is 14.3 Å². The molecule has 0 bridgehead atoms. The van der Waals surface area contributed by atoms with Crippen molar-refractivity contribution in [1.29, 1.82) is 0 Å². The maximum Gasteiger partial charge on any atom is 0.326 e. The molecule has 0 saturated heterocycles. The van der Waals surface area contributed by atoms with E-state index in [0.29, 0.717) is 34.0 Å². The van der Waals surface area contributed by atoms with Crippen LogP contribution in [0.3, 0.4) is 0 Å². The Labute approximate surface area is 174 Å². The summed E-state index contributed by atoms with van der Waals surface area (Å²) in [7, 11) is 2.99. The number of hydrogen-bond donors (Lipinski definition) is 1. The van der Waals surface area contributed by atoms with E-state index in [2.05, 4.69) is 11.9 Å². The summed E-state index contributed by atoms with van der Waals surface area (Å²) >= 11 is 0. The normalized spacial score (nSPS) is 13.5. The number of esters is 1.